The number of carbonyl (C=O) groups excluding carboxylic acids is 1. The fraction of sp³-hybridized carbons (Fsp3) is 0.391. The summed E-state index contributed by atoms with van der Waals surface area (Å²) in [5.41, 5.74) is 4.33. The number of unbranched alkanes of at least 4 members (excludes halogenated alkanes) is 2. The second-order valence-electron chi connectivity index (χ2n) is 6.51. The Balaban J connectivity index is 1.84. The normalized spacial score (nSPS) is 10.7. The molecule has 0 spiro atoms. The van der Waals surface area contributed by atoms with Crippen molar-refractivity contribution in [2.75, 3.05) is 20.3 Å². The van der Waals surface area contributed by atoms with Gasteiger partial charge in [0.1, 0.15) is 5.75 Å². The average Bonchev–Trinajstić information content (AvgIpc) is 2.76. The minimum absolute atomic E-state index is 0.0950. The Labute approximate surface area is 172 Å². The van der Waals surface area contributed by atoms with E-state index in [1.165, 1.54) is 0 Å². The Hall–Kier alpha value is -3.02. The molecular formula is C23H30N2O4. The highest BCUT2D eigenvalue weighted by atomic mass is 16.5. The molecular weight excluding hydrogens is 368 g/mol. The molecule has 0 unspecified atom stereocenters. The van der Waals surface area contributed by atoms with Gasteiger partial charge in [-0.3, -0.25) is 4.79 Å². The molecule has 0 aliphatic rings. The summed E-state index contributed by atoms with van der Waals surface area (Å²) in [6, 6.07) is 13.2. The van der Waals surface area contributed by atoms with Gasteiger partial charge in [-0.1, -0.05) is 44.9 Å². The molecule has 0 aliphatic heterocycles. The van der Waals surface area contributed by atoms with E-state index in [0.29, 0.717) is 23.9 Å². The summed E-state index contributed by atoms with van der Waals surface area (Å²) in [7, 11) is 1.60. The molecule has 0 radical (unpaired) electrons. The van der Waals surface area contributed by atoms with Crippen LogP contribution in [0.1, 0.15) is 44.2 Å². The number of amides is 1. The molecule has 0 saturated carbocycles. The number of carbonyl (C=O) groups is 1. The maximum absolute atomic E-state index is 12.0. The van der Waals surface area contributed by atoms with Crippen LogP contribution in [0.4, 0.5) is 0 Å². The minimum atomic E-state index is -0.324. The SMILES string of the molecule is CCCCCOc1ccc(/C=N/NC(=O)COc2ccccc2CC)cc1OC. The smallest absolute Gasteiger partial charge is 0.277 e. The van der Waals surface area contributed by atoms with E-state index in [-0.39, 0.29) is 12.5 Å². The first kappa shape index (κ1) is 22.3. The second kappa shape index (κ2) is 12.4. The molecule has 2 aromatic carbocycles. The predicted octanol–water partition coefficient (Wildman–Crippen LogP) is 4.36. The lowest BCUT2D eigenvalue weighted by Crippen LogP contribution is -2.24. The third kappa shape index (κ3) is 7.49. The first-order valence-electron chi connectivity index (χ1n) is 10.0. The number of hydrogen-bond acceptors (Lipinski definition) is 5. The molecule has 0 fully saturated rings. The van der Waals surface area contributed by atoms with E-state index in [9.17, 15) is 4.79 Å². The van der Waals surface area contributed by atoms with Crippen molar-refractivity contribution in [3.63, 3.8) is 0 Å². The summed E-state index contributed by atoms with van der Waals surface area (Å²) in [5.74, 6) is 1.73. The highest BCUT2D eigenvalue weighted by Crippen LogP contribution is 2.27. The quantitative estimate of drug-likeness (QED) is 0.328. The van der Waals surface area contributed by atoms with Crippen LogP contribution in [-0.2, 0) is 11.2 Å². The van der Waals surface area contributed by atoms with Crippen LogP contribution < -0.4 is 19.6 Å². The van der Waals surface area contributed by atoms with Crippen LogP contribution in [-0.4, -0.2) is 32.4 Å². The fourth-order valence-corrected chi connectivity index (χ4v) is 2.71. The van der Waals surface area contributed by atoms with Gasteiger partial charge in [0.15, 0.2) is 18.1 Å². The lowest BCUT2D eigenvalue weighted by atomic mass is 10.1. The zero-order chi connectivity index (χ0) is 20.9. The third-order valence-corrected chi connectivity index (χ3v) is 4.31. The van der Waals surface area contributed by atoms with Gasteiger partial charge in [0.05, 0.1) is 19.9 Å². The molecule has 156 valence electrons. The van der Waals surface area contributed by atoms with Crippen LogP contribution in [0.3, 0.4) is 0 Å². The number of hydrazone groups is 1. The maximum atomic E-state index is 12.0. The van der Waals surface area contributed by atoms with E-state index in [2.05, 4.69) is 17.5 Å². The zero-order valence-electron chi connectivity index (χ0n) is 17.4. The highest BCUT2D eigenvalue weighted by Gasteiger charge is 2.06. The monoisotopic (exact) mass is 398 g/mol. The van der Waals surface area contributed by atoms with Gasteiger partial charge in [0.25, 0.3) is 5.91 Å². The van der Waals surface area contributed by atoms with Gasteiger partial charge in [-0.15, -0.1) is 0 Å². The second-order valence-corrected chi connectivity index (χ2v) is 6.51. The molecule has 1 N–H and O–H groups in total. The van der Waals surface area contributed by atoms with Gasteiger partial charge >= 0.3 is 0 Å². The Bertz CT molecular complexity index is 805. The number of ether oxygens (including phenoxy) is 3. The minimum Gasteiger partial charge on any atom is -0.493 e. The lowest BCUT2D eigenvalue weighted by Gasteiger charge is -2.11. The number of methoxy groups -OCH3 is 1. The average molecular weight is 399 g/mol. The van der Waals surface area contributed by atoms with Crippen molar-refractivity contribution in [1.29, 1.82) is 0 Å². The van der Waals surface area contributed by atoms with E-state index in [1.54, 1.807) is 13.3 Å². The van der Waals surface area contributed by atoms with Crippen LogP contribution >= 0.6 is 0 Å². The number of para-hydroxylation sites is 1. The van der Waals surface area contributed by atoms with E-state index in [4.69, 9.17) is 14.2 Å². The van der Waals surface area contributed by atoms with Gasteiger partial charge in [-0.25, -0.2) is 5.43 Å². The van der Waals surface area contributed by atoms with Crippen molar-refractivity contribution < 1.29 is 19.0 Å². The Morgan fingerprint density at radius 2 is 1.86 bits per heavy atom. The van der Waals surface area contributed by atoms with Crippen molar-refractivity contribution >= 4 is 12.1 Å². The molecule has 0 atom stereocenters. The van der Waals surface area contributed by atoms with Crippen molar-refractivity contribution in [3.8, 4) is 17.2 Å². The third-order valence-electron chi connectivity index (χ3n) is 4.31. The van der Waals surface area contributed by atoms with Crippen LogP contribution in [0.15, 0.2) is 47.6 Å². The van der Waals surface area contributed by atoms with Crippen LogP contribution in [0.2, 0.25) is 0 Å². The molecule has 6 heteroatoms. The number of rotatable bonds is 12. The van der Waals surface area contributed by atoms with E-state index >= 15 is 0 Å². The van der Waals surface area contributed by atoms with Crippen LogP contribution in [0, 0.1) is 0 Å². The first-order chi connectivity index (χ1) is 14.2. The van der Waals surface area contributed by atoms with Crippen molar-refractivity contribution in [2.45, 2.75) is 39.5 Å². The number of benzene rings is 2. The fourth-order valence-electron chi connectivity index (χ4n) is 2.71. The number of nitrogens with zero attached hydrogens (tertiary/aromatic N) is 1. The molecule has 0 aliphatic carbocycles. The van der Waals surface area contributed by atoms with Crippen molar-refractivity contribution in [2.24, 2.45) is 5.10 Å². The number of hydrogen-bond donors (Lipinski definition) is 1. The zero-order valence-corrected chi connectivity index (χ0v) is 17.4. The van der Waals surface area contributed by atoms with Gasteiger partial charge in [0, 0.05) is 0 Å². The van der Waals surface area contributed by atoms with Crippen molar-refractivity contribution in [1.82, 2.24) is 5.43 Å². The van der Waals surface area contributed by atoms with E-state index < -0.39 is 0 Å². The molecule has 6 nitrogen and oxygen atoms in total. The molecule has 29 heavy (non-hydrogen) atoms. The molecule has 0 aromatic heterocycles. The van der Waals surface area contributed by atoms with E-state index in [0.717, 1.165) is 36.8 Å². The van der Waals surface area contributed by atoms with Crippen LogP contribution in [0.5, 0.6) is 17.2 Å². The number of nitrogens with one attached hydrogen (secondary N) is 1. The van der Waals surface area contributed by atoms with Gasteiger partial charge in [-0.05, 0) is 48.2 Å². The molecule has 0 bridgehead atoms. The summed E-state index contributed by atoms with van der Waals surface area (Å²) in [5, 5.41) is 3.99. The summed E-state index contributed by atoms with van der Waals surface area (Å²) in [4.78, 5) is 12.0. The molecule has 0 saturated heterocycles. The largest absolute Gasteiger partial charge is 0.493 e. The van der Waals surface area contributed by atoms with Gasteiger partial charge < -0.3 is 14.2 Å². The predicted molar refractivity (Wildman–Crippen MR) is 115 cm³/mol. The first-order valence-corrected chi connectivity index (χ1v) is 10.0. The van der Waals surface area contributed by atoms with Gasteiger partial charge in [0.2, 0.25) is 0 Å². The number of aryl methyl sites for hydroxylation is 1. The highest BCUT2D eigenvalue weighted by molar-refractivity contribution is 5.83. The Morgan fingerprint density at radius 3 is 2.62 bits per heavy atom. The van der Waals surface area contributed by atoms with Crippen molar-refractivity contribution in [3.05, 3.63) is 53.6 Å². The molecule has 1 amide bonds. The molecule has 0 heterocycles. The molecule has 2 aromatic rings. The summed E-state index contributed by atoms with van der Waals surface area (Å²) in [6.45, 7) is 4.77. The Kier molecular flexibility index (Phi) is 9.55. The summed E-state index contributed by atoms with van der Waals surface area (Å²) >= 11 is 0. The molecule has 2 rings (SSSR count). The van der Waals surface area contributed by atoms with Crippen LogP contribution in [0.25, 0.3) is 0 Å². The summed E-state index contributed by atoms with van der Waals surface area (Å²) in [6.07, 6.45) is 5.70. The topological polar surface area (TPSA) is 69.2 Å². The Morgan fingerprint density at radius 1 is 1.03 bits per heavy atom. The lowest BCUT2D eigenvalue weighted by molar-refractivity contribution is -0.123. The summed E-state index contributed by atoms with van der Waals surface area (Å²) < 4.78 is 16.7. The maximum Gasteiger partial charge on any atom is 0.277 e. The standard InChI is InChI=1S/C23H30N2O4/c1-4-6-9-14-28-21-13-12-18(15-22(21)27-3)16-24-25-23(26)17-29-20-11-8-7-10-19(20)5-2/h7-8,10-13,15-16H,4-6,9,14,17H2,1-3H3,(H,25,26)/b24-16+. The van der Waals surface area contributed by atoms with Gasteiger partial charge in [-0.2, -0.15) is 5.10 Å². The van der Waals surface area contributed by atoms with E-state index in [1.807, 2.05) is 49.4 Å².